The Kier molecular flexibility index (Phi) is 3.75. The molecule has 1 amide bonds. The first-order valence-electron chi connectivity index (χ1n) is 5.77. The van der Waals surface area contributed by atoms with Crippen LogP contribution in [0.5, 0.6) is 0 Å². The van der Waals surface area contributed by atoms with Crippen LogP contribution in [0, 0.1) is 0 Å². The molecule has 0 bridgehead atoms. The van der Waals surface area contributed by atoms with E-state index in [4.69, 9.17) is 4.74 Å². The highest BCUT2D eigenvalue weighted by Gasteiger charge is 2.30. The van der Waals surface area contributed by atoms with Crippen molar-refractivity contribution in [3.63, 3.8) is 0 Å². The Labute approximate surface area is 101 Å². The standard InChI is InChI=1S/C13H16N2O2/c1-2-9-17-13(16)15-8-4-6-12(15)11-5-3-7-14-10-11/h2-3,5,7,10,12H,1,4,6,8-9H2. The average Bonchev–Trinajstić information content (AvgIpc) is 2.86. The molecular formula is C13H16N2O2. The fourth-order valence-electron chi connectivity index (χ4n) is 2.12. The maximum Gasteiger partial charge on any atom is 0.410 e. The van der Waals surface area contributed by atoms with Gasteiger partial charge in [-0.3, -0.25) is 4.98 Å². The molecule has 2 heterocycles. The molecule has 1 aromatic heterocycles. The van der Waals surface area contributed by atoms with E-state index >= 15 is 0 Å². The monoisotopic (exact) mass is 232 g/mol. The molecule has 1 unspecified atom stereocenters. The Balaban J connectivity index is 2.07. The van der Waals surface area contributed by atoms with E-state index in [-0.39, 0.29) is 18.7 Å². The molecule has 0 saturated carbocycles. The highest BCUT2D eigenvalue weighted by atomic mass is 16.6. The van der Waals surface area contributed by atoms with Crippen molar-refractivity contribution in [1.82, 2.24) is 9.88 Å². The summed E-state index contributed by atoms with van der Waals surface area (Å²) in [6, 6.07) is 3.98. The second kappa shape index (κ2) is 5.48. The second-order valence-corrected chi connectivity index (χ2v) is 4.00. The Morgan fingerprint density at radius 2 is 2.59 bits per heavy atom. The van der Waals surface area contributed by atoms with Crippen LogP contribution < -0.4 is 0 Å². The number of aromatic nitrogens is 1. The summed E-state index contributed by atoms with van der Waals surface area (Å²) in [6.07, 6.45) is 6.82. The number of carbonyl (C=O) groups excluding carboxylic acids is 1. The van der Waals surface area contributed by atoms with Crippen molar-refractivity contribution in [2.75, 3.05) is 13.2 Å². The molecule has 17 heavy (non-hydrogen) atoms. The third-order valence-electron chi connectivity index (χ3n) is 2.88. The SMILES string of the molecule is C=CCOC(=O)N1CCCC1c1cccnc1. The summed E-state index contributed by atoms with van der Waals surface area (Å²) in [4.78, 5) is 17.7. The highest BCUT2D eigenvalue weighted by Crippen LogP contribution is 2.31. The van der Waals surface area contributed by atoms with Gasteiger partial charge in [0.2, 0.25) is 0 Å². The maximum atomic E-state index is 11.8. The molecule has 1 aliphatic heterocycles. The molecule has 2 rings (SSSR count). The normalized spacial score (nSPS) is 19.1. The fraction of sp³-hybridized carbons (Fsp3) is 0.385. The summed E-state index contributed by atoms with van der Waals surface area (Å²) < 4.78 is 5.08. The van der Waals surface area contributed by atoms with Gasteiger partial charge in [-0.15, -0.1) is 0 Å². The summed E-state index contributed by atoms with van der Waals surface area (Å²) in [6.45, 7) is 4.54. The minimum absolute atomic E-state index is 0.0982. The molecule has 0 N–H and O–H groups in total. The van der Waals surface area contributed by atoms with Crippen LogP contribution in [0.3, 0.4) is 0 Å². The first-order chi connectivity index (χ1) is 8.33. The smallest absolute Gasteiger partial charge is 0.410 e. The molecule has 1 atom stereocenters. The van der Waals surface area contributed by atoms with Gasteiger partial charge < -0.3 is 9.64 Å². The van der Waals surface area contributed by atoms with Gasteiger partial charge in [0, 0.05) is 18.9 Å². The summed E-state index contributed by atoms with van der Waals surface area (Å²) >= 11 is 0. The summed E-state index contributed by atoms with van der Waals surface area (Å²) in [5, 5.41) is 0. The Morgan fingerprint density at radius 1 is 1.71 bits per heavy atom. The number of likely N-dealkylation sites (tertiary alicyclic amines) is 1. The third-order valence-corrected chi connectivity index (χ3v) is 2.88. The van der Waals surface area contributed by atoms with E-state index in [0.29, 0.717) is 0 Å². The topological polar surface area (TPSA) is 42.4 Å². The van der Waals surface area contributed by atoms with E-state index < -0.39 is 0 Å². The van der Waals surface area contributed by atoms with Crippen LogP contribution in [-0.2, 0) is 4.74 Å². The van der Waals surface area contributed by atoms with E-state index in [2.05, 4.69) is 11.6 Å². The second-order valence-electron chi connectivity index (χ2n) is 4.00. The first-order valence-corrected chi connectivity index (χ1v) is 5.77. The van der Waals surface area contributed by atoms with Crippen molar-refractivity contribution in [1.29, 1.82) is 0 Å². The number of nitrogens with zero attached hydrogens (tertiary/aromatic N) is 2. The van der Waals surface area contributed by atoms with Crippen molar-refractivity contribution in [2.45, 2.75) is 18.9 Å². The van der Waals surface area contributed by atoms with Crippen LogP contribution >= 0.6 is 0 Å². The number of hydrogen-bond acceptors (Lipinski definition) is 3. The van der Waals surface area contributed by atoms with Gasteiger partial charge in [0.15, 0.2) is 0 Å². The van der Waals surface area contributed by atoms with Crippen molar-refractivity contribution >= 4 is 6.09 Å². The number of amides is 1. The zero-order valence-electron chi connectivity index (χ0n) is 9.71. The van der Waals surface area contributed by atoms with Crippen LogP contribution in [0.1, 0.15) is 24.4 Å². The Bertz CT molecular complexity index is 392. The molecule has 0 aliphatic carbocycles. The van der Waals surface area contributed by atoms with Gasteiger partial charge in [0.05, 0.1) is 6.04 Å². The summed E-state index contributed by atoms with van der Waals surface area (Å²) in [5.41, 5.74) is 1.07. The third kappa shape index (κ3) is 2.64. The molecular weight excluding hydrogens is 216 g/mol. The van der Waals surface area contributed by atoms with Crippen LogP contribution in [0.25, 0.3) is 0 Å². The lowest BCUT2D eigenvalue weighted by atomic mass is 10.1. The molecule has 1 fully saturated rings. The van der Waals surface area contributed by atoms with Crippen molar-refractivity contribution in [2.24, 2.45) is 0 Å². The van der Waals surface area contributed by atoms with Crippen molar-refractivity contribution < 1.29 is 9.53 Å². The largest absolute Gasteiger partial charge is 0.445 e. The van der Waals surface area contributed by atoms with Gasteiger partial charge in [-0.2, -0.15) is 0 Å². The average molecular weight is 232 g/mol. The lowest BCUT2D eigenvalue weighted by Crippen LogP contribution is -2.31. The van der Waals surface area contributed by atoms with Gasteiger partial charge in [-0.25, -0.2) is 4.79 Å². The van der Waals surface area contributed by atoms with Crippen molar-refractivity contribution in [3.05, 3.63) is 42.7 Å². The number of pyridine rings is 1. The molecule has 90 valence electrons. The number of rotatable bonds is 3. The van der Waals surface area contributed by atoms with Crippen LogP contribution in [0.4, 0.5) is 4.79 Å². The highest BCUT2D eigenvalue weighted by molar-refractivity contribution is 5.68. The predicted molar refractivity (Wildman–Crippen MR) is 64.5 cm³/mol. The van der Waals surface area contributed by atoms with E-state index in [0.717, 1.165) is 24.9 Å². The van der Waals surface area contributed by atoms with Gasteiger partial charge in [-0.05, 0) is 24.5 Å². The predicted octanol–water partition coefficient (Wildman–Crippen LogP) is 2.54. The molecule has 4 heteroatoms. The first kappa shape index (κ1) is 11.6. The van der Waals surface area contributed by atoms with Gasteiger partial charge in [0.1, 0.15) is 6.61 Å². The molecule has 1 saturated heterocycles. The molecule has 4 nitrogen and oxygen atoms in total. The van der Waals surface area contributed by atoms with E-state index in [1.807, 2.05) is 18.3 Å². The zero-order valence-corrected chi connectivity index (χ0v) is 9.71. The van der Waals surface area contributed by atoms with Gasteiger partial charge in [-0.1, -0.05) is 18.7 Å². The van der Waals surface area contributed by atoms with Crippen LogP contribution in [-0.4, -0.2) is 29.1 Å². The van der Waals surface area contributed by atoms with Gasteiger partial charge >= 0.3 is 6.09 Å². The zero-order chi connectivity index (χ0) is 12.1. The minimum atomic E-state index is -0.267. The molecule has 0 aromatic carbocycles. The minimum Gasteiger partial charge on any atom is -0.445 e. The lowest BCUT2D eigenvalue weighted by molar-refractivity contribution is 0.108. The number of ether oxygens (including phenoxy) is 1. The van der Waals surface area contributed by atoms with Crippen molar-refractivity contribution in [3.8, 4) is 0 Å². The number of carbonyl (C=O) groups is 1. The van der Waals surface area contributed by atoms with E-state index in [9.17, 15) is 4.79 Å². The summed E-state index contributed by atoms with van der Waals surface area (Å²) in [7, 11) is 0. The fourth-order valence-corrected chi connectivity index (χ4v) is 2.12. The Hall–Kier alpha value is -1.84. The maximum absolute atomic E-state index is 11.8. The molecule has 0 radical (unpaired) electrons. The van der Waals surface area contributed by atoms with E-state index in [1.54, 1.807) is 17.2 Å². The van der Waals surface area contributed by atoms with Gasteiger partial charge in [0.25, 0.3) is 0 Å². The molecule has 0 spiro atoms. The van der Waals surface area contributed by atoms with E-state index in [1.165, 1.54) is 0 Å². The lowest BCUT2D eigenvalue weighted by Gasteiger charge is -2.23. The molecule has 1 aliphatic rings. The molecule has 1 aromatic rings. The number of hydrogen-bond donors (Lipinski definition) is 0. The van der Waals surface area contributed by atoms with Crippen LogP contribution in [0.2, 0.25) is 0 Å². The summed E-state index contributed by atoms with van der Waals surface area (Å²) in [5.74, 6) is 0. The van der Waals surface area contributed by atoms with Crippen LogP contribution in [0.15, 0.2) is 37.2 Å². The quantitative estimate of drug-likeness (QED) is 0.752. The Morgan fingerprint density at radius 3 is 3.29 bits per heavy atom.